The molecule has 0 spiro atoms. The van der Waals surface area contributed by atoms with Crippen LogP contribution in [0.15, 0.2) is 41.7 Å². The van der Waals surface area contributed by atoms with E-state index in [9.17, 15) is 24.9 Å². The zero-order valence-electron chi connectivity index (χ0n) is 15.0. The molecule has 8 nitrogen and oxygen atoms in total. The van der Waals surface area contributed by atoms with E-state index in [1.807, 2.05) is 0 Å². The van der Waals surface area contributed by atoms with E-state index in [1.165, 1.54) is 13.2 Å². The summed E-state index contributed by atoms with van der Waals surface area (Å²) in [5.74, 6) is -2.49. The highest BCUT2D eigenvalue weighted by molar-refractivity contribution is 5.90. The van der Waals surface area contributed by atoms with E-state index in [4.69, 9.17) is 14.2 Å². The fraction of sp³-hybridized carbons (Fsp3) is 0.368. The van der Waals surface area contributed by atoms with Gasteiger partial charge in [0, 0.05) is 23.5 Å². The molecule has 8 heteroatoms. The predicted octanol–water partition coefficient (Wildman–Crippen LogP) is 1.54. The van der Waals surface area contributed by atoms with Gasteiger partial charge in [0.1, 0.15) is 0 Å². The molecule has 0 amide bonds. The fourth-order valence-electron chi connectivity index (χ4n) is 2.81. The largest absolute Gasteiger partial charge is 0.504 e. The molecule has 2 rings (SSSR count). The second-order valence-corrected chi connectivity index (χ2v) is 5.85. The van der Waals surface area contributed by atoms with E-state index in [0.29, 0.717) is 11.1 Å². The molecule has 146 valence electrons. The van der Waals surface area contributed by atoms with Gasteiger partial charge in [-0.15, -0.1) is 0 Å². The number of methoxy groups -OCH3 is 1. The third-order valence-corrected chi connectivity index (χ3v) is 4.24. The van der Waals surface area contributed by atoms with Crippen LogP contribution in [-0.4, -0.2) is 47.3 Å². The Morgan fingerprint density at radius 1 is 1.30 bits per heavy atom. The number of aromatic hydroxyl groups is 2. The summed E-state index contributed by atoms with van der Waals surface area (Å²) < 4.78 is 14.9. The van der Waals surface area contributed by atoms with E-state index >= 15 is 0 Å². The maximum absolute atomic E-state index is 12.2. The van der Waals surface area contributed by atoms with Crippen LogP contribution in [0, 0.1) is 5.92 Å². The first kappa shape index (κ1) is 20.3. The zero-order chi connectivity index (χ0) is 20.0. The number of aliphatic hydroxyl groups excluding tert-OH is 1. The summed E-state index contributed by atoms with van der Waals surface area (Å²) in [6, 6.07) is 4.52. The van der Waals surface area contributed by atoms with E-state index in [0.717, 1.165) is 6.26 Å². The van der Waals surface area contributed by atoms with Crippen molar-refractivity contribution in [3.8, 4) is 11.5 Å². The third kappa shape index (κ3) is 4.79. The van der Waals surface area contributed by atoms with Crippen molar-refractivity contribution in [3.05, 3.63) is 47.2 Å². The van der Waals surface area contributed by atoms with Crippen molar-refractivity contribution in [2.45, 2.75) is 26.1 Å². The van der Waals surface area contributed by atoms with Gasteiger partial charge < -0.3 is 29.5 Å². The van der Waals surface area contributed by atoms with Gasteiger partial charge in [0.25, 0.3) is 0 Å². The van der Waals surface area contributed by atoms with Gasteiger partial charge in [-0.25, -0.2) is 4.79 Å². The minimum atomic E-state index is -1.26. The number of carbonyl (C=O) groups is 2. The normalized spacial score (nSPS) is 20.6. The van der Waals surface area contributed by atoms with Crippen LogP contribution < -0.4 is 0 Å². The number of hydrogen-bond donors (Lipinski definition) is 3. The average Bonchev–Trinajstić information content (AvgIpc) is 2.65. The molecule has 27 heavy (non-hydrogen) atoms. The number of allylic oxidation sites excluding steroid dienone is 1. The predicted molar refractivity (Wildman–Crippen MR) is 93.5 cm³/mol. The molecule has 0 bridgehead atoms. The van der Waals surface area contributed by atoms with Crippen molar-refractivity contribution in [1.82, 2.24) is 0 Å². The van der Waals surface area contributed by atoms with Crippen LogP contribution in [-0.2, 0) is 30.2 Å². The molecule has 1 aromatic carbocycles. The maximum Gasteiger partial charge on any atom is 0.337 e. The minimum Gasteiger partial charge on any atom is -0.504 e. The topological polar surface area (TPSA) is 123 Å². The Hall–Kier alpha value is -3.00. The zero-order valence-corrected chi connectivity index (χ0v) is 15.0. The number of ether oxygens (including phenoxy) is 3. The summed E-state index contributed by atoms with van der Waals surface area (Å²) in [5.41, 5.74) is 0.910. The van der Waals surface area contributed by atoms with E-state index < -0.39 is 24.1 Å². The van der Waals surface area contributed by atoms with Crippen LogP contribution in [0.25, 0.3) is 0 Å². The quantitative estimate of drug-likeness (QED) is 0.387. The molecule has 0 saturated heterocycles. The smallest absolute Gasteiger partial charge is 0.337 e. The number of hydrogen-bond acceptors (Lipinski definition) is 8. The number of phenolic OH excluding ortho intramolecular Hbond substituents is 2. The summed E-state index contributed by atoms with van der Waals surface area (Å²) in [7, 11) is 1.21. The summed E-state index contributed by atoms with van der Waals surface area (Å²) in [4.78, 5) is 24.1. The molecule has 1 aliphatic heterocycles. The van der Waals surface area contributed by atoms with Gasteiger partial charge in [-0.05, 0) is 13.0 Å². The first-order valence-electron chi connectivity index (χ1n) is 8.32. The van der Waals surface area contributed by atoms with E-state index in [1.54, 1.807) is 25.1 Å². The second-order valence-electron chi connectivity index (χ2n) is 5.85. The Bertz CT molecular complexity index is 765. The molecule has 1 aliphatic rings. The first-order chi connectivity index (χ1) is 12.9. The molecule has 1 aromatic rings. The van der Waals surface area contributed by atoms with Crippen LogP contribution in [0.4, 0.5) is 0 Å². The molecular weight excluding hydrogens is 356 g/mol. The molecule has 0 unspecified atom stereocenters. The molecule has 0 aliphatic carbocycles. The summed E-state index contributed by atoms with van der Waals surface area (Å²) in [5, 5.41) is 29.1. The standard InChI is InChI=1S/C19H22O8/c1-3-12-13(14(18(23)25-2)10-27-19(12)24)9-16(21)26-8-7-11-5-4-6-15(20)17(11)22/h3-6,10,13,19-20,22,24H,7-9H2,1-2H3/b12-3+/t13-,19+/m0/s1. The molecule has 0 radical (unpaired) electrons. The van der Waals surface area contributed by atoms with Gasteiger partial charge in [-0.3, -0.25) is 4.79 Å². The minimum absolute atomic E-state index is 0.0237. The lowest BCUT2D eigenvalue weighted by molar-refractivity contribution is -0.145. The number of aliphatic hydroxyl groups is 1. The highest BCUT2D eigenvalue weighted by Gasteiger charge is 2.35. The maximum atomic E-state index is 12.2. The first-order valence-corrected chi connectivity index (χ1v) is 8.32. The molecule has 1 heterocycles. The Labute approximate surface area is 156 Å². The van der Waals surface area contributed by atoms with Crippen molar-refractivity contribution in [1.29, 1.82) is 0 Å². The number of esters is 2. The second kappa shape index (κ2) is 9.09. The average molecular weight is 378 g/mol. The number of para-hydroxylation sites is 1. The molecule has 3 N–H and O–H groups in total. The molecule has 0 fully saturated rings. The number of rotatable bonds is 6. The van der Waals surface area contributed by atoms with Crippen LogP contribution in [0.2, 0.25) is 0 Å². The van der Waals surface area contributed by atoms with Crippen molar-refractivity contribution in [2.24, 2.45) is 5.92 Å². The van der Waals surface area contributed by atoms with Gasteiger partial charge in [-0.2, -0.15) is 0 Å². The van der Waals surface area contributed by atoms with Crippen molar-refractivity contribution >= 4 is 11.9 Å². The monoisotopic (exact) mass is 378 g/mol. The number of phenols is 2. The Morgan fingerprint density at radius 2 is 2.04 bits per heavy atom. The molecular formula is C19H22O8. The van der Waals surface area contributed by atoms with E-state index in [2.05, 4.69) is 0 Å². The van der Waals surface area contributed by atoms with Crippen LogP contribution in [0.3, 0.4) is 0 Å². The SMILES string of the molecule is C/C=C1/[C@H](O)OC=C(C(=O)OC)[C@H]1CC(=O)OCCc1cccc(O)c1O. The van der Waals surface area contributed by atoms with E-state index in [-0.39, 0.29) is 36.5 Å². The molecule has 0 saturated carbocycles. The Morgan fingerprint density at radius 3 is 2.70 bits per heavy atom. The molecule has 2 atom stereocenters. The van der Waals surface area contributed by atoms with Crippen molar-refractivity contribution in [3.63, 3.8) is 0 Å². The van der Waals surface area contributed by atoms with Gasteiger partial charge >= 0.3 is 11.9 Å². The van der Waals surface area contributed by atoms with Gasteiger partial charge in [0.15, 0.2) is 11.5 Å². The summed E-state index contributed by atoms with van der Waals surface area (Å²) in [6.45, 7) is 1.63. The van der Waals surface area contributed by atoms with Gasteiger partial charge in [0.05, 0.1) is 32.0 Å². The Balaban J connectivity index is 2.01. The van der Waals surface area contributed by atoms with Crippen LogP contribution in [0.5, 0.6) is 11.5 Å². The van der Waals surface area contributed by atoms with Crippen LogP contribution in [0.1, 0.15) is 18.9 Å². The Kier molecular flexibility index (Phi) is 6.84. The van der Waals surface area contributed by atoms with Gasteiger partial charge in [-0.1, -0.05) is 18.2 Å². The lowest BCUT2D eigenvalue weighted by atomic mass is 9.86. The molecule has 0 aromatic heterocycles. The highest BCUT2D eigenvalue weighted by Crippen LogP contribution is 2.33. The van der Waals surface area contributed by atoms with Gasteiger partial charge in [0.2, 0.25) is 6.29 Å². The van der Waals surface area contributed by atoms with Crippen molar-refractivity contribution in [2.75, 3.05) is 13.7 Å². The summed E-state index contributed by atoms with van der Waals surface area (Å²) >= 11 is 0. The third-order valence-electron chi connectivity index (χ3n) is 4.24. The lowest BCUT2D eigenvalue weighted by Crippen LogP contribution is -2.31. The number of benzene rings is 1. The lowest BCUT2D eigenvalue weighted by Gasteiger charge is -2.28. The van der Waals surface area contributed by atoms with Crippen molar-refractivity contribution < 1.29 is 39.1 Å². The number of carbonyl (C=O) groups excluding carboxylic acids is 2. The highest BCUT2D eigenvalue weighted by atomic mass is 16.6. The summed E-state index contributed by atoms with van der Waals surface area (Å²) in [6.07, 6.45) is 1.42. The van der Waals surface area contributed by atoms with Crippen LogP contribution >= 0.6 is 0 Å². The fourth-order valence-corrected chi connectivity index (χ4v) is 2.81.